The zero-order chi connectivity index (χ0) is 11.7. The lowest BCUT2D eigenvalue weighted by Crippen LogP contribution is -1.90. The number of hydrogen-bond donors (Lipinski definition) is 0. The predicted octanol–water partition coefficient (Wildman–Crippen LogP) is 3.53. The molecule has 0 radical (unpaired) electrons. The van der Waals surface area contributed by atoms with Crippen LogP contribution in [0.4, 0.5) is 0 Å². The van der Waals surface area contributed by atoms with Crippen LogP contribution in [0.5, 0.6) is 5.75 Å². The molecule has 2 nitrogen and oxygen atoms in total. The molecule has 0 aliphatic rings. The summed E-state index contributed by atoms with van der Waals surface area (Å²) in [4.78, 5) is 10.5. The third kappa shape index (κ3) is 1.54. The lowest BCUT2D eigenvalue weighted by molar-refractivity contribution is -0.120. The maximum Gasteiger partial charge on any atom is 0.298 e. The van der Waals surface area contributed by atoms with Gasteiger partial charge in [0.05, 0.1) is 0 Å². The molecule has 0 bridgehead atoms. The lowest BCUT2D eigenvalue weighted by Gasteiger charge is -2.07. The van der Waals surface area contributed by atoms with E-state index in [-0.39, 0.29) is 0 Å². The quantitative estimate of drug-likeness (QED) is 0.489. The molecule has 0 saturated carbocycles. The van der Waals surface area contributed by atoms with Crippen molar-refractivity contribution in [1.29, 1.82) is 0 Å². The molecule has 3 aromatic carbocycles. The highest BCUT2D eigenvalue weighted by molar-refractivity contribution is 6.10. The van der Waals surface area contributed by atoms with Crippen LogP contribution in [0.1, 0.15) is 0 Å². The van der Waals surface area contributed by atoms with Crippen molar-refractivity contribution in [3.05, 3.63) is 54.6 Å². The first-order chi connectivity index (χ1) is 8.40. The van der Waals surface area contributed by atoms with Crippen molar-refractivity contribution in [2.75, 3.05) is 0 Å². The molecule has 0 amide bonds. The fraction of sp³-hybridized carbons (Fsp3) is 0. The van der Waals surface area contributed by atoms with E-state index in [9.17, 15) is 4.79 Å². The Balaban J connectivity index is 2.49. The third-order valence-corrected chi connectivity index (χ3v) is 2.91. The second kappa shape index (κ2) is 3.91. The van der Waals surface area contributed by atoms with E-state index in [0.717, 1.165) is 21.5 Å². The van der Waals surface area contributed by atoms with Gasteiger partial charge in [-0.1, -0.05) is 48.5 Å². The maximum atomic E-state index is 10.5. The van der Waals surface area contributed by atoms with Crippen LogP contribution in [0.3, 0.4) is 0 Å². The zero-order valence-electron chi connectivity index (χ0n) is 9.09. The van der Waals surface area contributed by atoms with Gasteiger partial charge in [-0.3, -0.25) is 4.79 Å². The van der Waals surface area contributed by atoms with E-state index in [1.165, 1.54) is 0 Å². The Kier molecular flexibility index (Phi) is 2.26. The molecule has 0 aromatic heterocycles. The highest BCUT2D eigenvalue weighted by atomic mass is 16.5. The summed E-state index contributed by atoms with van der Waals surface area (Å²) in [6.45, 7) is 0.469. The summed E-state index contributed by atoms with van der Waals surface area (Å²) in [6.07, 6.45) is 0. The van der Waals surface area contributed by atoms with E-state index in [4.69, 9.17) is 4.74 Å². The minimum atomic E-state index is 0.469. The molecule has 0 saturated heterocycles. The topological polar surface area (TPSA) is 26.3 Å². The Bertz CT molecular complexity index is 701. The van der Waals surface area contributed by atoms with Crippen molar-refractivity contribution in [2.45, 2.75) is 0 Å². The van der Waals surface area contributed by atoms with Gasteiger partial charge >= 0.3 is 0 Å². The van der Waals surface area contributed by atoms with Crippen LogP contribution in [-0.2, 0) is 4.79 Å². The number of rotatable bonds is 2. The van der Waals surface area contributed by atoms with E-state index in [1.807, 2.05) is 48.5 Å². The number of ether oxygens (including phenoxy) is 1. The van der Waals surface area contributed by atoms with E-state index < -0.39 is 0 Å². The van der Waals surface area contributed by atoms with Crippen LogP contribution in [-0.4, -0.2) is 6.47 Å². The number of carbonyl (C=O) groups excluding carboxylic acids is 1. The van der Waals surface area contributed by atoms with Crippen molar-refractivity contribution in [3.63, 3.8) is 0 Å². The average molecular weight is 222 g/mol. The molecule has 3 rings (SSSR count). The first kappa shape index (κ1) is 9.85. The molecule has 0 aliphatic carbocycles. The van der Waals surface area contributed by atoms with Crippen molar-refractivity contribution in [2.24, 2.45) is 0 Å². The van der Waals surface area contributed by atoms with Crippen molar-refractivity contribution in [1.82, 2.24) is 0 Å². The Morgan fingerprint density at radius 3 is 2.47 bits per heavy atom. The van der Waals surface area contributed by atoms with Gasteiger partial charge in [-0.25, -0.2) is 0 Å². The molecule has 17 heavy (non-hydrogen) atoms. The highest BCUT2D eigenvalue weighted by Crippen LogP contribution is 2.32. The van der Waals surface area contributed by atoms with Gasteiger partial charge in [0.1, 0.15) is 5.75 Å². The van der Waals surface area contributed by atoms with Crippen LogP contribution < -0.4 is 4.74 Å². The Labute approximate surface area is 98.4 Å². The zero-order valence-corrected chi connectivity index (χ0v) is 9.09. The van der Waals surface area contributed by atoms with Gasteiger partial charge in [-0.15, -0.1) is 0 Å². The van der Waals surface area contributed by atoms with Gasteiger partial charge in [-0.2, -0.15) is 0 Å². The molecule has 0 N–H and O–H groups in total. The molecule has 0 heterocycles. The van der Waals surface area contributed by atoms with Gasteiger partial charge in [0.25, 0.3) is 6.47 Å². The average Bonchev–Trinajstić information content (AvgIpc) is 2.39. The van der Waals surface area contributed by atoms with Crippen LogP contribution in [0.15, 0.2) is 54.6 Å². The summed E-state index contributed by atoms with van der Waals surface area (Å²) in [6, 6.07) is 17.9. The Hall–Kier alpha value is -2.35. The van der Waals surface area contributed by atoms with Crippen LogP contribution in [0, 0.1) is 0 Å². The van der Waals surface area contributed by atoms with Crippen molar-refractivity contribution >= 4 is 28.0 Å². The van der Waals surface area contributed by atoms with Gasteiger partial charge in [0.15, 0.2) is 0 Å². The number of benzene rings is 3. The maximum absolute atomic E-state index is 10.5. The fourth-order valence-corrected chi connectivity index (χ4v) is 2.17. The lowest BCUT2D eigenvalue weighted by atomic mass is 10.0. The van der Waals surface area contributed by atoms with Gasteiger partial charge in [0, 0.05) is 5.39 Å². The number of carbonyl (C=O) groups is 1. The van der Waals surface area contributed by atoms with E-state index in [2.05, 4.69) is 6.07 Å². The van der Waals surface area contributed by atoms with Crippen LogP contribution in [0.2, 0.25) is 0 Å². The summed E-state index contributed by atoms with van der Waals surface area (Å²) in [7, 11) is 0. The molecule has 0 aliphatic heterocycles. The van der Waals surface area contributed by atoms with Crippen molar-refractivity contribution < 1.29 is 9.53 Å². The van der Waals surface area contributed by atoms with E-state index in [0.29, 0.717) is 12.2 Å². The normalized spacial score (nSPS) is 10.6. The molecular formula is C15H10O2. The first-order valence-corrected chi connectivity index (χ1v) is 5.41. The van der Waals surface area contributed by atoms with E-state index >= 15 is 0 Å². The highest BCUT2D eigenvalue weighted by Gasteiger charge is 2.05. The Morgan fingerprint density at radius 1 is 0.824 bits per heavy atom. The minimum Gasteiger partial charge on any atom is -0.428 e. The standard InChI is InChI=1S/C15H10O2/c16-10-17-14-7-3-5-12-9-8-11-4-1-2-6-13(11)15(12)14/h1-10H. The predicted molar refractivity (Wildman–Crippen MR) is 68.1 cm³/mol. The van der Waals surface area contributed by atoms with Crippen molar-refractivity contribution in [3.8, 4) is 5.75 Å². The third-order valence-electron chi connectivity index (χ3n) is 2.91. The Morgan fingerprint density at radius 2 is 1.59 bits per heavy atom. The monoisotopic (exact) mass is 222 g/mol. The molecule has 0 atom stereocenters. The second-order valence-corrected chi connectivity index (χ2v) is 3.86. The smallest absolute Gasteiger partial charge is 0.298 e. The summed E-state index contributed by atoms with van der Waals surface area (Å²) in [5, 5.41) is 4.30. The van der Waals surface area contributed by atoms with Crippen LogP contribution in [0.25, 0.3) is 21.5 Å². The molecular weight excluding hydrogens is 212 g/mol. The van der Waals surface area contributed by atoms with E-state index in [1.54, 1.807) is 0 Å². The SMILES string of the molecule is O=COc1cccc2ccc3ccccc3c12. The molecule has 2 heteroatoms. The minimum absolute atomic E-state index is 0.469. The number of fused-ring (bicyclic) bond motifs is 3. The largest absolute Gasteiger partial charge is 0.428 e. The molecule has 0 spiro atoms. The molecule has 3 aromatic rings. The fourth-order valence-electron chi connectivity index (χ4n) is 2.17. The molecule has 82 valence electrons. The molecule has 0 fully saturated rings. The second-order valence-electron chi connectivity index (χ2n) is 3.86. The summed E-state index contributed by atoms with van der Waals surface area (Å²) < 4.78 is 5.05. The first-order valence-electron chi connectivity index (χ1n) is 5.41. The summed E-state index contributed by atoms with van der Waals surface area (Å²) in [5.74, 6) is 0.606. The van der Waals surface area contributed by atoms with Gasteiger partial charge in [-0.05, 0) is 22.2 Å². The number of hydrogen-bond acceptors (Lipinski definition) is 2. The summed E-state index contributed by atoms with van der Waals surface area (Å²) >= 11 is 0. The van der Waals surface area contributed by atoms with Gasteiger partial charge in [0.2, 0.25) is 0 Å². The van der Waals surface area contributed by atoms with Crippen LogP contribution >= 0.6 is 0 Å². The van der Waals surface area contributed by atoms with Gasteiger partial charge < -0.3 is 4.74 Å². The molecule has 0 unspecified atom stereocenters. The summed E-state index contributed by atoms with van der Waals surface area (Å²) in [5.41, 5.74) is 0.